The van der Waals surface area contributed by atoms with Crippen molar-refractivity contribution in [1.82, 2.24) is 20.4 Å². The molecule has 1 amide bonds. The van der Waals surface area contributed by atoms with Crippen LogP contribution in [0.4, 0.5) is 4.39 Å². The predicted octanol–water partition coefficient (Wildman–Crippen LogP) is 2.22. The molecule has 2 aromatic rings. The number of halogens is 2. The van der Waals surface area contributed by atoms with Gasteiger partial charge in [0.1, 0.15) is 11.5 Å². The van der Waals surface area contributed by atoms with Crippen molar-refractivity contribution >= 4 is 18.3 Å². The molecule has 1 fully saturated rings. The van der Waals surface area contributed by atoms with Gasteiger partial charge in [-0.25, -0.2) is 9.07 Å². The highest BCUT2D eigenvalue weighted by atomic mass is 35.5. The molecule has 2 N–H and O–H groups in total. The minimum Gasteiger partial charge on any atom is -0.350 e. The van der Waals surface area contributed by atoms with E-state index in [0.717, 1.165) is 25.9 Å². The maximum atomic E-state index is 14.1. The van der Waals surface area contributed by atoms with Crippen LogP contribution in [0, 0.1) is 18.2 Å². The fourth-order valence-electron chi connectivity index (χ4n) is 3.16. The van der Waals surface area contributed by atoms with Crippen LogP contribution in [0.2, 0.25) is 0 Å². The van der Waals surface area contributed by atoms with E-state index in [1.165, 1.54) is 16.8 Å². The number of piperidine rings is 1. The number of hydrogen-bond acceptors (Lipinski definition) is 4. The normalized spacial score (nSPS) is 15.7. The van der Waals surface area contributed by atoms with Crippen molar-refractivity contribution in [1.29, 1.82) is 0 Å². The topological polar surface area (TPSA) is 76.0 Å². The zero-order chi connectivity index (χ0) is 18.7. The minimum atomic E-state index is -0.528. The summed E-state index contributed by atoms with van der Waals surface area (Å²) in [5, 5.41) is 10.2. The van der Waals surface area contributed by atoms with Crippen LogP contribution >= 0.6 is 12.4 Å². The molecule has 0 aliphatic carbocycles. The fourth-order valence-corrected chi connectivity index (χ4v) is 3.16. The Morgan fingerprint density at radius 1 is 1.33 bits per heavy atom. The number of carbonyl (C=O) groups excluding carboxylic acids is 1. The van der Waals surface area contributed by atoms with Gasteiger partial charge in [-0.2, -0.15) is 5.10 Å². The van der Waals surface area contributed by atoms with Crippen LogP contribution in [0.25, 0.3) is 5.69 Å². The number of aryl methyl sites for hydroxylation is 1. The molecule has 1 aromatic carbocycles. The lowest BCUT2D eigenvalue weighted by Gasteiger charge is -2.34. The van der Waals surface area contributed by atoms with Crippen molar-refractivity contribution in [3.8, 4) is 5.69 Å². The molecular formula is C19H24ClFN4O2. The Morgan fingerprint density at radius 3 is 2.67 bits per heavy atom. The van der Waals surface area contributed by atoms with Crippen molar-refractivity contribution in [2.24, 2.45) is 5.41 Å². The number of hydrogen-bond donors (Lipinski definition) is 2. The highest BCUT2D eigenvalue weighted by Gasteiger charge is 2.28. The van der Waals surface area contributed by atoms with Gasteiger partial charge in [-0.3, -0.25) is 9.59 Å². The Morgan fingerprint density at radius 2 is 2.00 bits per heavy atom. The zero-order valence-electron chi connectivity index (χ0n) is 15.4. The number of nitrogens with one attached hydrogen (secondary N) is 2. The summed E-state index contributed by atoms with van der Waals surface area (Å²) >= 11 is 0. The van der Waals surface area contributed by atoms with Gasteiger partial charge in [-0.1, -0.05) is 19.1 Å². The first-order valence-corrected chi connectivity index (χ1v) is 8.74. The molecular weight excluding hydrogens is 371 g/mol. The van der Waals surface area contributed by atoms with Crippen LogP contribution < -0.4 is 16.1 Å². The summed E-state index contributed by atoms with van der Waals surface area (Å²) in [6.07, 6.45) is 1.90. The summed E-state index contributed by atoms with van der Waals surface area (Å²) in [7, 11) is 0. The summed E-state index contributed by atoms with van der Waals surface area (Å²) in [6, 6.07) is 7.42. The van der Waals surface area contributed by atoms with Gasteiger partial charge in [0.15, 0.2) is 5.69 Å². The van der Waals surface area contributed by atoms with E-state index in [9.17, 15) is 14.0 Å². The molecule has 1 aliphatic heterocycles. The molecule has 0 radical (unpaired) electrons. The maximum absolute atomic E-state index is 14.1. The van der Waals surface area contributed by atoms with E-state index in [4.69, 9.17) is 0 Å². The molecule has 0 atom stereocenters. The molecule has 1 saturated heterocycles. The summed E-state index contributed by atoms with van der Waals surface area (Å²) in [6.45, 7) is 6.07. The second kappa shape index (κ2) is 8.63. The van der Waals surface area contributed by atoms with Gasteiger partial charge < -0.3 is 10.6 Å². The van der Waals surface area contributed by atoms with Crippen LogP contribution in [0.15, 0.2) is 35.1 Å². The Hall–Kier alpha value is -2.25. The van der Waals surface area contributed by atoms with E-state index in [-0.39, 0.29) is 29.2 Å². The van der Waals surface area contributed by atoms with Crippen molar-refractivity contribution < 1.29 is 9.18 Å². The molecule has 3 rings (SSSR count). The Kier molecular flexibility index (Phi) is 6.73. The van der Waals surface area contributed by atoms with Crippen LogP contribution in [0.1, 0.15) is 35.9 Å². The second-order valence-corrected chi connectivity index (χ2v) is 7.11. The smallest absolute Gasteiger partial charge is 0.275 e. The molecule has 1 aliphatic rings. The molecule has 0 bridgehead atoms. The first-order valence-electron chi connectivity index (χ1n) is 8.74. The van der Waals surface area contributed by atoms with Crippen LogP contribution in [0.3, 0.4) is 0 Å². The number of benzene rings is 1. The maximum Gasteiger partial charge on any atom is 0.275 e. The van der Waals surface area contributed by atoms with Crippen LogP contribution in [-0.4, -0.2) is 35.3 Å². The molecule has 0 saturated carbocycles. The summed E-state index contributed by atoms with van der Waals surface area (Å²) in [5.41, 5.74) is -0.0401. The average Bonchev–Trinajstić information content (AvgIpc) is 2.61. The average molecular weight is 395 g/mol. The number of aromatic nitrogens is 2. The summed E-state index contributed by atoms with van der Waals surface area (Å²) in [4.78, 5) is 24.8. The van der Waals surface area contributed by atoms with E-state index in [1.54, 1.807) is 25.1 Å². The van der Waals surface area contributed by atoms with E-state index < -0.39 is 17.2 Å². The Labute approximate surface area is 163 Å². The second-order valence-electron chi connectivity index (χ2n) is 7.11. The van der Waals surface area contributed by atoms with Gasteiger partial charge in [-0.15, -0.1) is 12.4 Å². The Bertz CT molecular complexity index is 878. The van der Waals surface area contributed by atoms with E-state index in [2.05, 4.69) is 22.7 Å². The quantitative estimate of drug-likeness (QED) is 0.833. The highest BCUT2D eigenvalue weighted by molar-refractivity contribution is 5.92. The lowest BCUT2D eigenvalue weighted by Crippen LogP contribution is -2.44. The van der Waals surface area contributed by atoms with E-state index >= 15 is 0 Å². The number of nitrogens with zero attached hydrogens (tertiary/aromatic N) is 2. The molecule has 146 valence electrons. The predicted molar refractivity (Wildman–Crippen MR) is 104 cm³/mol. The number of carbonyl (C=O) groups is 1. The molecule has 27 heavy (non-hydrogen) atoms. The molecule has 0 spiro atoms. The van der Waals surface area contributed by atoms with Crippen molar-refractivity contribution in [2.75, 3.05) is 19.6 Å². The fraction of sp³-hybridized carbons (Fsp3) is 0.421. The summed E-state index contributed by atoms with van der Waals surface area (Å²) < 4.78 is 15.4. The van der Waals surface area contributed by atoms with E-state index in [1.807, 2.05) is 0 Å². The largest absolute Gasteiger partial charge is 0.350 e. The van der Waals surface area contributed by atoms with Gasteiger partial charge in [-0.05, 0) is 50.4 Å². The molecule has 2 heterocycles. The number of rotatable bonds is 4. The van der Waals surface area contributed by atoms with Gasteiger partial charge >= 0.3 is 0 Å². The van der Waals surface area contributed by atoms with Crippen molar-refractivity contribution in [2.45, 2.75) is 26.7 Å². The highest BCUT2D eigenvalue weighted by Crippen LogP contribution is 2.26. The van der Waals surface area contributed by atoms with Crippen LogP contribution in [0.5, 0.6) is 0 Å². The van der Waals surface area contributed by atoms with Gasteiger partial charge in [0.25, 0.3) is 5.91 Å². The molecule has 0 unspecified atom stereocenters. The standard InChI is InChI=1S/C19H23FN4O2.ClH/c1-13-11-16(25)17(23-24(13)15-6-4-3-5-14(15)20)18(26)22-12-19(2)7-9-21-10-8-19;/h3-6,11,21H,7-10,12H2,1-2H3,(H,22,26);1H. The molecule has 8 heteroatoms. The first-order chi connectivity index (χ1) is 12.4. The third kappa shape index (κ3) is 4.73. The van der Waals surface area contributed by atoms with E-state index in [0.29, 0.717) is 12.2 Å². The summed E-state index contributed by atoms with van der Waals surface area (Å²) in [5.74, 6) is -1.000. The number of amides is 1. The minimum absolute atomic E-state index is 0. The first kappa shape index (κ1) is 21.1. The third-order valence-electron chi connectivity index (χ3n) is 4.89. The third-order valence-corrected chi connectivity index (χ3v) is 4.89. The molecule has 1 aromatic heterocycles. The zero-order valence-corrected chi connectivity index (χ0v) is 16.2. The van der Waals surface area contributed by atoms with Crippen LogP contribution in [-0.2, 0) is 0 Å². The lowest BCUT2D eigenvalue weighted by atomic mass is 9.81. The van der Waals surface area contributed by atoms with Gasteiger partial charge in [0, 0.05) is 18.3 Å². The van der Waals surface area contributed by atoms with Gasteiger partial charge in [0.05, 0.1) is 0 Å². The van der Waals surface area contributed by atoms with Crippen molar-refractivity contribution in [3.05, 3.63) is 57.8 Å². The number of para-hydroxylation sites is 1. The lowest BCUT2D eigenvalue weighted by molar-refractivity contribution is 0.0914. The molecule has 6 nitrogen and oxygen atoms in total. The SMILES string of the molecule is Cc1cc(=O)c(C(=O)NCC2(C)CCNCC2)nn1-c1ccccc1F.Cl. The monoisotopic (exact) mass is 394 g/mol. The Balaban J connectivity index is 0.00000261. The van der Waals surface area contributed by atoms with Gasteiger partial charge in [0.2, 0.25) is 5.43 Å². The van der Waals surface area contributed by atoms with Crippen molar-refractivity contribution in [3.63, 3.8) is 0 Å².